The molecule has 12 heteroatoms. The van der Waals surface area contributed by atoms with Crippen LogP contribution in [0.25, 0.3) is 10.9 Å². The highest BCUT2D eigenvalue weighted by Crippen LogP contribution is 2.43. The van der Waals surface area contributed by atoms with Gasteiger partial charge in [-0.3, -0.25) is 4.79 Å². The number of anilines is 1. The molecule has 1 saturated carbocycles. The number of sulfone groups is 1. The fourth-order valence-corrected chi connectivity index (χ4v) is 8.99. The highest BCUT2D eigenvalue weighted by Gasteiger charge is 2.34. The molecule has 1 atom stereocenters. The summed E-state index contributed by atoms with van der Waals surface area (Å²) in [4.78, 5) is 39.5. The van der Waals surface area contributed by atoms with Crippen LogP contribution in [-0.4, -0.2) is 84.8 Å². The van der Waals surface area contributed by atoms with Crippen LogP contribution < -0.4 is 10.1 Å². The molecule has 0 unspecified atom stereocenters. The van der Waals surface area contributed by atoms with E-state index in [-0.39, 0.29) is 35.6 Å². The van der Waals surface area contributed by atoms with Gasteiger partial charge in [-0.1, -0.05) is 12.1 Å². The van der Waals surface area contributed by atoms with Gasteiger partial charge in [0.25, 0.3) is 0 Å². The highest BCUT2D eigenvalue weighted by molar-refractivity contribution is 7.91. The molecule has 11 nitrogen and oxygen atoms in total. The number of carbonyl (C=O) groups excluding carboxylic acids is 2. The molecule has 1 aromatic heterocycles. The van der Waals surface area contributed by atoms with E-state index in [0.717, 1.165) is 59.0 Å². The van der Waals surface area contributed by atoms with E-state index in [4.69, 9.17) is 19.4 Å². The predicted octanol–water partition coefficient (Wildman–Crippen LogP) is 5.80. The van der Waals surface area contributed by atoms with Crippen LogP contribution in [0.5, 0.6) is 5.75 Å². The third-order valence-corrected chi connectivity index (χ3v) is 11.7. The van der Waals surface area contributed by atoms with E-state index in [1.807, 2.05) is 57.7 Å². The standard InChI is InChI=1S/C36H47N5O6S/c1-22(26-8-7-9-32-27(26)14-19-48(32,44)45)37-33-29-20-28(31(46-6)21-30(29)38-23(2)39-33)24-10-12-25(13-11-24)34(42)40-15-17-41(18-16-40)35(43)47-36(3,4)5/h7-9,20-22,24-25H,10-19H2,1-6H3,(H,37,38,39)/t22-,24-,25-/m1/s1. The molecule has 6 rings (SSSR count). The number of piperazine rings is 1. The van der Waals surface area contributed by atoms with E-state index in [2.05, 4.69) is 11.4 Å². The van der Waals surface area contributed by atoms with Crippen LogP contribution in [0.3, 0.4) is 0 Å². The van der Waals surface area contributed by atoms with E-state index in [9.17, 15) is 18.0 Å². The quantitative estimate of drug-likeness (QED) is 0.344. The van der Waals surface area contributed by atoms with Gasteiger partial charge in [-0.05, 0) is 101 Å². The number of hydrogen-bond donors (Lipinski definition) is 1. The molecule has 2 fully saturated rings. The lowest BCUT2D eigenvalue weighted by Crippen LogP contribution is -2.53. The van der Waals surface area contributed by atoms with Crippen LogP contribution in [0.1, 0.15) is 87.9 Å². The average molecular weight is 678 g/mol. The Morgan fingerprint density at radius 1 is 1.00 bits per heavy atom. The minimum Gasteiger partial charge on any atom is -0.496 e. The summed E-state index contributed by atoms with van der Waals surface area (Å²) in [7, 11) is -1.56. The maximum Gasteiger partial charge on any atom is 0.410 e. The van der Waals surface area contributed by atoms with E-state index in [0.29, 0.717) is 49.1 Å². The zero-order valence-electron chi connectivity index (χ0n) is 28.8. The van der Waals surface area contributed by atoms with Crippen molar-refractivity contribution in [3.05, 3.63) is 52.8 Å². The van der Waals surface area contributed by atoms with Gasteiger partial charge < -0.3 is 24.6 Å². The molecule has 2 aromatic carbocycles. The van der Waals surface area contributed by atoms with Crippen molar-refractivity contribution in [3.8, 4) is 5.75 Å². The summed E-state index contributed by atoms with van der Waals surface area (Å²) in [5, 5.41) is 4.46. The van der Waals surface area contributed by atoms with Crippen LogP contribution in [-0.2, 0) is 25.8 Å². The summed E-state index contributed by atoms with van der Waals surface area (Å²) in [5.41, 5.74) is 3.14. The first-order valence-corrected chi connectivity index (χ1v) is 18.6. The van der Waals surface area contributed by atoms with Gasteiger partial charge in [0.05, 0.1) is 29.3 Å². The fourth-order valence-electron chi connectivity index (χ4n) is 7.42. The van der Waals surface area contributed by atoms with Gasteiger partial charge in [0.2, 0.25) is 5.91 Å². The normalized spacial score (nSPS) is 21.5. The van der Waals surface area contributed by atoms with Crippen molar-refractivity contribution in [3.63, 3.8) is 0 Å². The molecule has 0 radical (unpaired) electrons. The smallest absolute Gasteiger partial charge is 0.410 e. The number of methoxy groups -OCH3 is 1. The van der Waals surface area contributed by atoms with Crippen LogP contribution >= 0.6 is 0 Å². The summed E-state index contributed by atoms with van der Waals surface area (Å²) >= 11 is 0. The SMILES string of the molecule is COc1cc2nc(C)nc(N[C@H](C)c3cccc4c3CCS4(=O)=O)c2cc1[C@H]1CC[C@H](C(=O)N2CCN(C(=O)OC(C)(C)C)CC2)CC1. The molecule has 48 heavy (non-hydrogen) atoms. The summed E-state index contributed by atoms with van der Waals surface area (Å²) in [5.74, 6) is 2.59. The lowest BCUT2D eigenvalue weighted by atomic mass is 9.77. The monoisotopic (exact) mass is 677 g/mol. The second kappa shape index (κ2) is 13.2. The Morgan fingerprint density at radius 3 is 2.35 bits per heavy atom. The number of nitrogens with zero attached hydrogens (tertiary/aromatic N) is 4. The Kier molecular flexibility index (Phi) is 9.32. The van der Waals surface area contributed by atoms with Gasteiger partial charge in [-0.15, -0.1) is 0 Å². The van der Waals surface area contributed by atoms with E-state index < -0.39 is 15.4 Å². The number of aryl methyl sites for hydroxylation is 1. The summed E-state index contributed by atoms with van der Waals surface area (Å²) in [6, 6.07) is 9.43. The largest absolute Gasteiger partial charge is 0.496 e. The number of carbonyl (C=O) groups is 2. The van der Waals surface area contributed by atoms with Gasteiger partial charge in [-0.25, -0.2) is 23.2 Å². The lowest BCUT2D eigenvalue weighted by Gasteiger charge is -2.38. The molecule has 258 valence electrons. The number of nitrogens with one attached hydrogen (secondary N) is 1. The number of amides is 2. The molecule has 2 amide bonds. The number of benzene rings is 2. The van der Waals surface area contributed by atoms with Gasteiger partial charge >= 0.3 is 6.09 Å². The molecule has 1 saturated heterocycles. The van der Waals surface area contributed by atoms with Gasteiger partial charge in [0, 0.05) is 43.5 Å². The fraction of sp³-hybridized carbons (Fsp3) is 0.556. The molecule has 1 N–H and O–H groups in total. The van der Waals surface area contributed by atoms with Crippen LogP contribution in [0, 0.1) is 12.8 Å². The molecule has 2 aliphatic heterocycles. The average Bonchev–Trinajstić information content (AvgIpc) is 3.37. The van der Waals surface area contributed by atoms with Crippen molar-refractivity contribution in [1.82, 2.24) is 19.8 Å². The highest BCUT2D eigenvalue weighted by atomic mass is 32.2. The maximum absolute atomic E-state index is 13.5. The Bertz CT molecular complexity index is 1820. The number of fused-ring (bicyclic) bond motifs is 2. The topological polar surface area (TPSA) is 131 Å². The van der Waals surface area contributed by atoms with E-state index >= 15 is 0 Å². The molecular formula is C36H47N5O6S. The number of ether oxygens (including phenoxy) is 2. The molecule has 1 aliphatic carbocycles. The maximum atomic E-state index is 13.5. The first kappa shape index (κ1) is 34.0. The van der Waals surface area contributed by atoms with Crippen molar-refractivity contribution in [2.45, 2.75) is 89.2 Å². The van der Waals surface area contributed by atoms with Crippen molar-refractivity contribution >= 4 is 38.6 Å². The van der Waals surface area contributed by atoms with Crippen molar-refractivity contribution in [1.29, 1.82) is 0 Å². The minimum atomic E-state index is -3.24. The van der Waals surface area contributed by atoms with Gasteiger partial charge in [0.15, 0.2) is 9.84 Å². The third-order valence-electron chi connectivity index (χ3n) is 9.86. The van der Waals surface area contributed by atoms with Crippen LogP contribution in [0.15, 0.2) is 35.2 Å². The molecule has 0 bridgehead atoms. The Labute approximate surface area is 283 Å². The zero-order valence-corrected chi connectivity index (χ0v) is 29.7. The van der Waals surface area contributed by atoms with Crippen molar-refractivity contribution in [2.75, 3.05) is 44.4 Å². The molecule has 3 aliphatic rings. The number of hydrogen-bond acceptors (Lipinski definition) is 9. The first-order chi connectivity index (χ1) is 22.7. The summed E-state index contributed by atoms with van der Waals surface area (Å²) in [6.07, 6.45) is 3.46. The lowest BCUT2D eigenvalue weighted by molar-refractivity contribution is -0.138. The molecular weight excluding hydrogens is 630 g/mol. The summed E-state index contributed by atoms with van der Waals surface area (Å²) < 4.78 is 36.5. The first-order valence-electron chi connectivity index (χ1n) is 17.0. The van der Waals surface area contributed by atoms with Crippen LogP contribution in [0.2, 0.25) is 0 Å². The number of rotatable bonds is 6. The van der Waals surface area contributed by atoms with E-state index in [1.54, 1.807) is 18.1 Å². The van der Waals surface area contributed by atoms with Crippen molar-refractivity contribution in [2.24, 2.45) is 5.92 Å². The second-order valence-corrected chi connectivity index (χ2v) is 16.4. The zero-order chi connectivity index (χ0) is 34.4. The number of aromatic nitrogens is 2. The Hall–Kier alpha value is -3.93. The van der Waals surface area contributed by atoms with Gasteiger partial charge in [-0.2, -0.15) is 0 Å². The second-order valence-electron chi connectivity index (χ2n) is 14.3. The van der Waals surface area contributed by atoms with Gasteiger partial charge in [0.1, 0.15) is 23.0 Å². The molecule has 3 aromatic rings. The van der Waals surface area contributed by atoms with E-state index in [1.165, 1.54) is 0 Å². The van der Waals surface area contributed by atoms with Crippen LogP contribution in [0.4, 0.5) is 10.6 Å². The molecule has 3 heterocycles. The predicted molar refractivity (Wildman–Crippen MR) is 184 cm³/mol. The third kappa shape index (κ3) is 6.95. The summed E-state index contributed by atoms with van der Waals surface area (Å²) in [6.45, 7) is 11.5. The molecule has 0 spiro atoms. The Morgan fingerprint density at radius 2 is 1.69 bits per heavy atom. The van der Waals surface area contributed by atoms with Crippen molar-refractivity contribution < 1.29 is 27.5 Å². The Balaban J connectivity index is 1.16. The minimum absolute atomic E-state index is 0.0405.